The van der Waals surface area contributed by atoms with E-state index in [1.54, 1.807) is 6.92 Å². The highest BCUT2D eigenvalue weighted by Crippen LogP contribution is 2.46. The Labute approximate surface area is 148 Å². The van der Waals surface area contributed by atoms with E-state index in [2.05, 4.69) is 13.8 Å². The van der Waals surface area contributed by atoms with Gasteiger partial charge in [0.1, 0.15) is 5.75 Å². The zero-order valence-electron chi connectivity index (χ0n) is 15.8. The van der Waals surface area contributed by atoms with Crippen LogP contribution in [0.5, 0.6) is 5.75 Å². The van der Waals surface area contributed by atoms with Crippen LogP contribution < -0.4 is 4.74 Å². The summed E-state index contributed by atoms with van der Waals surface area (Å²) < 4.78 is 5.88. The minimum atomic E-state index is 0.103. The highest BCUT2D eigenvalue weighted by Gasteiger charge is 2.33. The van der Waals surface area contributed by atoms with Crippen LogP contribution in [0, 0.1) is 11.3 Å². The van der Waals surface area contributed by atoms with Gasteiger partial charge < -0.3 is 4.74 Å². The number of benzene rings is 1. The maximum absolute atomic E-state index is 11.3. The fraction of sp³-hybridized carbons (Fsp3) is 0.682. The molecule has 2 nitrogen and oxygen atoms in total. The van der Waals surface area contributed by atoms with Crippen molar-refractivity contribution in [2.75, 3.05) is 6.61 Å². The molecule has 134 valence electrons. The molecule has 0 amide bonds. The number of hydrogen-bond acceptors (Lipinski definition) is 2. The van der Waals surface area contributed by atoms with Crippen molar-refractivity contribution in [1.82, 2.24) is 0 Å². The van der Waals surface area contributed by atoms with E-state index in [-0.39, 0.29) is 5.78 Å². The summed E-state index contributed by atoms with van der Waals surface area (Å²) in [5.74, 6) is 1.80. The van der Waals surface area contributed by atoms with Gasteiger partial charge in [-0.25, -0.2) is 0 Å². The zero-order valence-corrected chi connectivity index (χ0v) is 15.8. The van der Waals surface area contributed by atoms with Crippen LogP contribution in [0.4, 0.5) is 0 Å². The Morgan fingerprint density at radius 2 is 1.67 bits per heavy atom. The van der Waals surface area contributed by atoms with E-state index in [1.807, 2.05) is 24.3 Å². The molecule has 0 saturated heterocycles. The molecule has 1 aromatic rings. The molecule has 1 aliphatic rings. The van der Waals surface area contributed by atoms with Gasteiger partial charge in [0.15, 0.2) is 5.78 Å². The summed E-state index contributed by atoms with van der Waals surface area (Å²) in [7, 11) is 0. The van der Waals surface area contributed by atoms with E-state index in [0.29, 0.717) is 5.41 Å². The first-order valence-electron chi connectivity index (χ1n) is 9.82. The van der Waals surface area contributed by atoms with Crippen molar-refractivity contribution in [1.29, 1.82) is 0 Å². The van der Waals surface area contributed by atoms with Crippen molar-refractivity contribution in [2.45, 2.75) is 78.6 Å². The summed E-state index contributed by atoms with van der Waals surface area (Å²) in [5.41, 5.74) is 1.39. The second-order valence-corrected chi connectivity index (χ2v) is 7.66. The summed E-state index contributed by atoms with van der Waals surface area (Å²) in [5, 5.41) is 0. The average Bonchev–Trinajstić information content (AvgIpc) is 2.58. The first-order valence-corrected chi connectivity index (χ1v) is 9.82. The van der Waals surface area contributed by atoms with Gasteiger partial charge in [-0.15, -0.1) is 0 Å². The topological polar surface area (TPSA) is 26.3 Å². The molecule has 0 radical (unpaired) electrons. The van der Waals surface area contributed by atoms with Crippen LogP contribution in [0.2, 0.25) is 0 Å². The Kier molecular flexibility index (Phi) is 7.33. The van der Waals surface area contributed by atoms with Gasteiger partial charge in [0.2, 0.25) is 0 Å². The van der Waals surface area contributed by atoms with Crippen LogP contribution in [0.15, 0.2) is 24.3 Å². The lowest BCUT2D eigenvalue weighted by Crippen LogP contribution is -2.28. The lowest BCUT2D eigenvalue weighted by atomic mass is 9.65. The van der Waals surface area contributed by atoms with Crippen molar-refractivity contribution in [3.63, 3.8) is 0 Å². The molecular weight excluding hydrogens is 296 g/mol. The molecule has 0 N–H and O–H groups in total. The average molecular weight is 331 g/mol. The molecule has 2 rings (SSSR count). The Bertz CT molecular complexity index is 487. The maximum Gasteiger partial charge on any atom is 0.159 e. The number of ether oxygens (including phenoxy) is 1. The van der Waals surface area contributed by atoms with Gasteiger partial charge in [0.05, 0.1) is 6.61 Å². The summed E-state index contributed by atoms with van der Waals surface area (Å²) >= 11 is 0. The molecule has 0 unspecified atom stereocenters. The van der Waals surface area contributed by atoms with E-state index in [9.17, 15) is 4.79 Å². The van der Waals surface area contributed by atoms with Gasteiger partial charge in [-0.1, -0.05) is 26.7 Å². The predicted molar refractivity (Wildman–Crippen MR) is 101 cm³/mol. The van der Waals surface area contributed by atoms with Crippen LogP contribution in [-0.4, -0.2) is 12.4 Å². The standard InChI is InChI=1S/C22H34O2/c1-4-13-22(14-5-2)15-10-19(11-16-22)12-17-24-21-8-6-20(7-9-21)18(3)23/h6-9,19H,4-5,10-17H2,1-3H3. The van der Waals surface area contributed by atoms with Crippen molar-refractivity contribution in [3.8, 4) is 5.75 Å². The summed E-state index contributed by atoms with van der Waals surface area (Å²) in [6.45, 7) is 7.04. The molecule has 0 spiro atoms. The van der Waals surface area contributed by atoms with E-state index in [0.717, 1.165) is 30.3 Å². The summed E-state index contributed by atoms with van der Waals surface area (Å²) in [4.78, 5) is 11.3. The molecule has 0 aliphatic heterocycles. The smallest absolute Gasteiger partial charge is 0.159 e. The third-order valence-electron chi connectivity index (χ3n) is 5.78. The van der Waals surface area contributed by atoms with Crippen LogP contribution in [0.25, 0.3) is 0 Å². The largest absolute Gasteiger partial charge is 0.494 e. The molecule has 0 heterocycles. The minimum absolute atomic E-state index is 0.103. The Morgan fingerprint density at radius 1 is 1.08 bits per heavy atom. The van der Waals surface area contributed by atoms with Crippen molar-refractivity contribution in [2.24, 2.45) is 11.3 Å². The lowest BCUT2D eigenvalue weighted by molar-refractivity contribution is 0.101. The number of carbonyl (C=O) groups excluding carboxylic acids is 1. The van der Waals surface area contributed by atoms with Gasteiger partial charge in [0, 0.05) is 5.56 Å². The van der Waals surface area contributed by atoms with Crippen LogP contribution in [0.1, 0.15) is 88.9 Å². The fourth-order valence-electron chi connectivity index (χ4n) is 4.39. The molecule has 24 heavy (non-hydrogen) atoms. The Balaban J connectivity index is 1.73. The third kappa shape index (κ3) is 5.36. The first-order chi connectivity index (χ1) is 11.6. The second-order valence-electron chi connectivity index (χ2n) is 7.66. The number of ketones is 1. The van der Waals surface area contributed by atoms with Crippen molar-refractivity contribution in [3.05, 3.63) is 29.8 Å². The quantitative estimate of drug-likeness (QED) is 0.487. The van der Waals surface area contributed by atoms with Gasteiger partial charge in [-0.3, -0.25) is 4.79 Å². The van der Waals surface area contributed by atoms with Gasteiger partial charge >= 0.3 is 0 Å². The first kappa shape index (κ1) is 19.0. The van der Waals surface area contributed by atoms with Gasteiger partial charge in [-0.2, -0.15) is 0 Å². The molecule has 0 atom stereocenters. The highest BCUT2D eigenvalue weighted by molar-refractivity contribution is 5.94. The third-order valence-corrected chi connectivity index (χ3v) is 5.78. The fourth-order valence-corrected chi connectivity index (χ4v) is 4.39. The Morgan fingerprint density at radius 3 is 2.17 bits per heavy atom. The van der Waals surface area contributed by atoms with E-state index in [4.69, 9.17) is 4.74 Å². The number of carbonyl (C=O) groups is 1. The van der Waals surface area contributed by atoms with E-state index >= 15 is 0 Å². The second kappa shape index (κ2) is 9.25. The molecular formula is C22H34O2. The van der Waals surface area contributed by atoms with Crippen LogP contribution >= 0.6 is 0 Å². The summed E-state index contributed by atoms with van der Waals surface area (Å²) in [6.07, 6.45) is 12.2. The SMILES string of the molecule is CCCC1(CCC)CCC(CCOc2ccc(C(C)=O)cc2)CC1. The minimum Gasteiger partial charge on any atom is -0.494 e. The molecule has 2 heteroatoms. The molecule has 1 fully saturated rings. The Hall–Kier alpha value is -1.31. The van der Waals surface area contributed by atoms with Crippen molar-refractivity contribution < 1.29 is 9.53 Å². The van der Waals surface area contributed by atoms with Gasteiger partial charge in [0.25, 0.3) is 0 Å². The highest BCUT2D eigenvalue weighted by atomic mass is 16.5. The number of hydrogen-bond donors (Lipinski definition) is 0. The van der Waals surface area contributed by atoms with Gasteiger partial charge in [-0.05, 0) is 87.5 Å². The molecule has 1 aromatic carbocycles. The van der Waals surface area contributed by atoms with Crippen LogP contribution in [-0.2, 0) is 0 Å². The molecule has 0 bridgehead atoms. The maximum atomic E-state index is 11.3. The lowest BCUT2D eigenvalue weighted by Gasteiger charge is -2.40. The molecule has 1 saturated carbocycles. The van der Waals surface area contributed by atoms with E-state index < -0.39 is 0 Å². The number of rotatable bonds is 9. The zero-order chi connectivity index (χ0) is 17.4. The van der Waals surface area contributed by atoms with E-state index in [1.165, 1.54) is 51.4 Å². The molecule has 1 aliphatic carbocycles. The molecule has 0 aromatic heterocycles. The number of Topliss-reactive ketones (excluding diaryl/α,β-unsaturated/α-hetero) is 1. The predicted octanol–water partition coefficient (Wildman–Crippen LogP) is 6.43. The van der Waals surface area contributed by atoms with Crippen molar-refractivity contribution >= 4 is 5.78 Å². The summed E-state index contributed by atoms with van der Waals surface area (Å²) in [6, 6.07) is 7.51. The monoisotopic (exact) mass is 330 g/mol. The normalized spacial score (nSPS) is 17.6. The van der Waals surface area contributed by atoms with Crippen LogP contribution in [0.3, 0.4) is 0 Å².